The fourth-order valence-corrected chi connectivity index (χ4v) is 14.3. The number of thioether (sulfide) groups is 1. The first-order chi connectivity index (χ1) is 31.4. The van der Waals surface area contributed by atoms with Crippen molar-refractivity contribution in [3.05, 3.63) is 153 Å². The third-order valence-electron chi connectivity index (χ3n) is 10.9. The number of nitrogens with zero attached hydrogens (tertiary/aromatic N) is 3. The lowest BCUT2D eigenvalue weighted by atomic mass is 9.93. The Morgan fingerprint density at radius 3 is 2.45 bits per heavy atom. The number of aliphatic imine (C=N–C) groups is 1. The molecule has 0 aliphatic carbocycles. The largest absolute Gasteiger partial charge is 0.494 e. The van der Waals surface area contributed by atoms with Crippen molar-refractivity contribution in [3.63, 3.8) is 0 Å². The number of halogens is 2. The summed E-state index contributed by atoms with van der Waals surface area (Å²) in [5, 5.41) is 1.04. The van der Waals surface area contributed by atoms with E-state index in [-0.39, 0.29) is 12.0 Å². The lowest BCUT2D eigenvalue weighted by molar-refractivity contribution is 0.0477. The second-order valence-corrected chi connectivity index (χ2v) is 22.1. The topological polar surface area (TPSA) is 95.4 Å². The Labute approximate surface area is 386 Å². The molecule has 324 valence electrons. The number of aryl methyl sites for hydroxylation is 1. The minimum absolute atomic E-state index is 0.0129. The molecule has 0 saturated carbocycles. The van der Waals surface area contributed by atoms with Crippen molar-refractivity contribution in [2.24, 2.45) is 4.99 Å². The highest BCUT2D eigenvalue weighted by atomic mass is 127. The Morgan fingerprint density at radius 1 is 0.906 bits per heavy atom. The van der Waals surface area contributed by atoms with E-state index in [1.54, 1.807) is 54.4 Å². The molecule has 12 heteroatoms. The van der Waals surface area contributed by atoms with Gasteiger partial charge >= 0.3 is 5.97 Å². The van der Waals surface area contributed by atoms with Crippen molar-refractivity contribution >= 4 is 83.7 Å². The average molecular weight is 1000 g/mol. The lowest BCUT2D eigenvalue weighted by Crippen LogP contribution is -2.09. The number of aromatic nitrogens is 2. The number of carbonyl (C=O) groups is 1. The van der Waals surface area contributed by atoms with Crippen molar-refractivity contribution in [1.82, 2.24) is 8.75 Å². The van der Waals surface area contributed by atoms with Crippen molar-refractivity contribution in [3.8, 4) is 33.8 Å². The molecule has 64 heavy (non-hydrogen) atoms. The second-order valence-electron chi connectivity index (χ2n) is 15.4. The molecule has 6 aromatic carbocycles. The molecular weight excluding hydrogens is 957 g/mol. The van der Waals surface area contributed by atoms with Gasteiger partial charge in [0.15, 0.2) is 17.9 Å². The van der Waals surface area contributed by atoms with Crippen molar-refractivity contribution in [2.45, 2.75) is 56.6 Å². The molecule has 8 nitrogen and oxygen atoms in total. The smallest absolute Gasteiger partial charge is 0.343 e. The fourth-order valence-electron chi connectivity index (χ4n) is 7.38. The molecule has 1 unspecified atom stereocenters. The van der Waals surface area contributed by atoms with Gasteiger partial charge in [-0.05, 0) is 113 Å². The number of epoxide rings is 1. The maximum Gasteiger partial charge on any atom is 0.343 e. The number of ether oxygens (including phenoxy) is 4. The van der Waals surface area contributed by atoms with Gasteiger partial charge in [-0.25, -0.2) is 9.18 Å². The van der Waals surface area contributed by atoms with E-state index >= 15 is 4.39 Å². The first-order valence-corrected chi connectivity index (χ1v) is 26.5. The summed E-state index contributed by atoms with van der Waals surface area (Å²) >= 11 is 1.20. The van der Waals surface area contributed by atoms with E-state index in [9.17, 15) is 4.79 Å². The summed E-state index contributed by atoms with van der Waals surface area (Å²) in [6.07, 6.45) is 11.7. The van der Waals surface area contributed by atoms with E-state index in [1.165, 1.54) is 34.7 Å². The molecule has 1 aromatic heterocycles. The van der Waals surface area contributed by atoms with Gasteiger partial charge in [-0.3, -0.25) is 4.99 Å². The summed E-state index contributed by atoms with van der Waals surface area (Å²) in [6, 6.07) is 34.8. The van der Waals surface area contributed by atoms with Crippen LogP contribution in [0.1, 0.15) is 60.5 Å². The van der Waals surface area contributed by atoms with Gasteiger partial charge in [-0.2, -0.15) is 8.75 Å². The van der Waals surface area contributed by atoms with Gasteiger partial charge in [-0.15, -0.1) is 18.9 Å². The van der Waals surface area contributed by atoms with Crippen LogP contribution in [0.2, 0.25) is 0 Å². The average Bonchev–Trinajstić information content (AvgIpc) is 3.95. The molecule has 0 spiro atoms. The Kier molecular flexibility index (Phi) is 14.1. The summed E-state index contributed by atoms with van der Waals surface area (Å²) in [7, 11) is 0. The highest BCUT2D eigenvalue weighted by molar-refractivity contribution is 14.2. The number of unbranched alkanes of at least 4 members (excludes halogenated alkanes) is 3. The lowest BCUT2D eigenvalue weighted by Gasteiger charge is -2.12. The van der Waals surface area contributed by atoms with Crippen LogP contribution in [-0.2, 0) is 15.9 Å². The summed E-state index contributed by atoms with van der Waals surface area (Å²) in [5.74, 6) is -0.717. The molecule has 3 heterocycles. The SMILES string of the molecule is C=I1=C(C=C=CN=Cc2cc(-c3ccc4c(F)c(OC(=O)c5ccc(OCCCCCCOC6CO6)cc5)ccc4c3)ccc2-c2ccc(CCC)cc2)Sc2cc3nsnc3cc21. The van der Waals surface area contributed by atoms with Crippen LogP contribution in [0.5, 0.6) is 11.5 Å². The first kappa shape index (κ1) is 43.8. The number of rotatable bonds is 18. The molecule has 0 N–H and O–H groups in total. The van der Waals surface area contributed by atoms with Crippen LogP contribution < -0.4 is 9.47 Å². The highest BCUT2D eigenvalue weighted by Gasteiger charge is 2.22. The minimum atomic E-state index is -1.79. The van der Waals surface area contributed by atoms with Crippen LogP contribution in [0.15, 0.2) is 137 Å². The third kappa shape index (κ3) is 10.6. The molecule has 9 rings (SSSR count). The Hall–Kier alpha value is -5.47. The molecule has 0 bridgehead atoms. The number of carbonyl (C=O) groups excluding carboxylic acids is 1. The highest BCUT2D eigenvalue weighted by Crippen LogP contribution is 2.44. The molecule has 0 radical (unpaired) electrons. The normalized spacial score (nSPS) is 14.5. The van der Waals surface area contributed by atoms with E-state index < -0.39 is 30.7 Å². The zero-order valence-electron chi connectivity index (χ0n) is 35.2. The van der Waals surface area contributed by atoms with Gasteiger partial charge in [0.05, 0.1) is 30.1 Å². The number of benzene rings is 6. The van der Waals surface area contributed by atoms with E-state index in [4.69, 9.17) is 23.9 Å². The Balaban J connectivity index is 0.881. The summed E-state index contributed by atoms with van der Waals surface area (Å²) in [4.78, 5) is 19.0. The van der Waals surface area contributed by atoms with Crippen LogP contribution in [0.4, 0.5) is 4.39 Å². The van der Waals surface area contributed by atoms with Gasteiger partial charge in [0.2, 0.25) is 0 Å². The van der Waals surface area contributed by atoms with Crippen molar-refractivity contribution < 1.29 is 28.1 Å². The van der Waals surface area contributed by atoms with E-state index in [2.05, 4.69) is 80.5 Å². The van der Waals surface area contributed by atoms with Gasteiger partial charge in [0.25, 0.3) is 0 Å². The summed E-state index contributed by atoms with van der Waals surface area (Å²) in [6.45, 7) is 4.20. The van der Waals surface area contributed by atoms with Crippen LogP contribution in [0, 0.1) is 9.39 Å². The molecule has 1 fully saturated rings. The van der Waals surface area contributed by atoms with Crippen molar-refractivity contribution in [1.29, 1.82) is 0 Å². The molecule has 1 atom stereocenters. The zero-order valence-corrected chi connectivity index (χ0v) is 39.0. The monoisotopic (exact) mass is 1000 g/mol. The predicted molar refractivity (Wildman–Crippen MR) is 268 cm³/mol. The maximum absolute atomic E-state index is 15.9. The number of esters is 1. The predicted octanol–water partition coefficient (Wildman–Crippen LogP) is 12.9. The number of hydrogen-bond donors (Lipinski definition) is 0. The Morgan fingerprint density at radius 2 is 1.66 bits per heavy atom. The van der Waals surface area contributed by atoms with Crippen LogP contribution >= 0.6 is 42.4 Å². The van der Waals surface area contributed by atoms with Gasteiger partial charge < -0.3 is 18.9 Å². The van der Waals surface area contributed by atoms with E-state index in [0.29, 0.717) is 35.3 Å². The number of fused-ring (bicyclic) bond motifs is 3. The molecule has 0 amide bonds. The van der Waals surface area contributed by atoms with E-state index in [0.717, 1.165) is 84.0 Å². The zero-order chi connectivity index (χ0) is 43.8. The molecule has 2 aliphatic rings. The quantitative estimate of drug-likeness (QED) is 0.0160. The summed E-state index contributed by atoms with van der Waals surface area (Å²) in [5.41, 5.74) is 11.7. The van der Waals surface area contributed by atoms with E-state index in [1.807, 2.05) is 24.4 Å². The third-order valence-corrected chi connectivity index (χ3v) is 18.5. The maximum atomic E-state index is 15.9. The van der Waals surface area contributed by atoms with Crippen LogP contribution in [0.3, 0.4) is 0 Å². The Bertz CT molecular complexity index is 3020. The van der Waals surface area contributed by atoms with Gasteiger partial charge in [0.1, 0.15) is 23.4 Å². The van der Waals surface area contributed by atoms with Crippen molar-refractivity contribution in [2.75, 3.05) is 19.8 Å². The van der Waals surface area contributed by atoms with Crippen LogP contribution in [-0.4, -0.2) is 54.4 Å². The molecule has 2 aliphatic heterocycles. The fraction of sp³-hybridized carbons (Fsp3) is 0.212. The van der Waals surface area contributed by atoms with Gasteiger partial charge in [-0.1, -0.05) is 96.4 Å². The first-order valence-electron chi connectivity index (χ1n) is 21.3. The second kappa shape index (κ2) is 20.6. The molecule has 1 saturated heterocycles. The molecule has 7 aromatic rings. The van der Waals surface area contributed by atoms with Crippen LogP contribution in [0.25, 0.3) is 44.1 Å². The molecular formula is C52H45FIN3O5S2. The number of hydrogen-bond acceptors (Lipinski definition) is 10. The summed E-state index contributed by atoms with van der Waals surface area (Å²) < 4.78 is 53.8. The standard InChI is InChI=1S/C52H45FIN3O5S2/c1-3-9-34-11-13-35(14-12-34)42-22-17-38(29-40(42)32-55-25-8-10-49-54(2)44-30-45-46(57-64-56-45)31-48(44)63-49)37-18-23-43-39(28-37)19-24-47(51(43)53)62-52(58)36-15-20-41(21-16-36)59-26-6-4-5-7-27-60-50-33-61-50/h10-25,28-32,50H,2-7,9,26-27,33H2,1H3. The minimum Gasteiger partial charge on any atom is -0.494 e. The van der Waals surface area contributed by atoms with Gasteiger partial charge in [0, 0.05) is 41.2 Å².